The maximum absolute atomic E-state index is 16.0. The fourth-order valence-electron chi connectivity index (χ4n) is 6.02. The van der Waals surface area contributed by atoms with Crippen LogP contribution in [0.5, 0.6) is 5.75 Å². The molecule has 2 aliphatic rings. The molecule has 0 unspecified atom stereocenters. The summed E-state index contributed by atoms with van der Waals surface area (Å²) in [6, 6.07) is 5.71. The molecule has 0 saturated carbocycles. The van der Waals surface area contributed by atoms with Gasteiger partial charge < -0.3 is 19.1 Å². The first-order valence-electron chi connectivity index (χ1n) is 14.9. The topological polar surface area (TPSA) is 96.5 Å². The Morgan fingerprint density at radius 1 is 1.22 bits per heavy atom. The second-order valence-corrected chi connectivity index (χ2v) is 12.8. The summed E-state index contributed by atoms with van der Waals surface area (Å²) in [7, 11) is 1.53. The van der Waals surface area contributed by atoms with Crippen LogP contribution in [-0.4, -0.2) is 74.9 Å². The van der Waals surface area contributed by atoms with Crippen LogP contribution >= 0.6 is 11.3 Å². The number of nitrogens with zero attached hydrogens (tertiary/aromatic N) is 6. The molecule has 1 saturated heterocycles. The number of hydrogen-bond donors (Lipinski definition) is 0. The van der Waals surface area contributed by atoms with E-state index in [2.05, 4.69) is 18.6 Å². The number of fused-ring (bicyclic) bond motifs is 2. The van der Waals surface area contributed by atoms with Crippen molar-refractivity contribution in [2.75, 3.05) is 33.5 Å². The number of carbonyl (C=O) groups excluding carboxylic acids is 1. The van der Waals surface area contributed by atoms with E-state index in [0.29, 0.717) is 48.9 Å². The molecule has 13 heteroatoms. The molecule has 1 atom stereocenters. The van der Waals surface area contributed by atoms with Crippen molar-refractivity contribution in [2.45, 2.75) is 38.5 Å². The number of hydrogen-bond acceptors (Lipinski definition) is 8. The highest BCUT2D eigenvalue weighted by Crippen LogP contribution is 2.47. The number of pyridine rings is 1. The van der Waals surface area contributed by atoms with Gasteiger partial charge in [-0.15, -0.1) is 11.3 Å². The Balaban J connectivity index is 1.46. The van der Waals surface area contributed by atoms with Crippen LogP contribution in [0.2, 0.25) is 0 Å². The molecule has 5 aromatic rings. The second-order valence-electron chi connectivity index (χ2n) is 11.8. The highest BCUT2D eigenvalue weighted by Gasteiger charge is 2.37. The molecule has 4 aromatic heterocycles. The second kappa shape index (κ2) is 11.7. The SMILES string of the molecule is C=CC(=O)N1Cc2cc(-c3nc(-c4cnn(C5(C)COC5)c4)c4ccsc4c3-c3c(F)cc(F)cc3OCCOC)nn2C[C@H]1C. The molecule has 0 spiro atoms. The monoisotopic (exact) mass is 646 g/mol. The Hall–Kier alpha value is -4.46. The Kier molecular flexibility index (Phi) is 7.70. The Labute approximate surface area is 267 Å². The summed E-state index contributed by atoms with van der Waals surface area (Å²) >= 11 is 1.42. The molecule has 46 heavy (non-hydrogen) atoms. The van der Waals surface area contributed by atoms with E-state index in [4.69, 9.17) is 24.3 Å². The number of amides is 1. The first-order valence-corrected chi connectivity index (χ1v) is 15.7. The Morgan fingerprint density at radius 3 is 2.78 bits per heavy atom. The van der Waals surface area contributed by atoms with Crippen molar-refractivity contribution in [2.24, 2.45) is 0 Å². The van der Waals surface area contributed by atoms with Crippen molar-refractivity contribution in [1.82, 2.24) is 29.4 Å². The molecule has 1 fully saturated rings. The molecule has 2 aliphatic heterocycles. The van der Waals surface area contributed by atoms with E-state index < -0.39 is 11.6 Å². The summed E-state index contributed by atoms with van der Waals surface area (Å²) < 4.78 is 51.6. The molecule has 0 N–H and O–H groups in total. The maximum atomic E-state index is 16.0. The molecule has 1 aromatic carbocycles. The van der Waals surface area contributed by atoms with Crippen molar-refractivity contribution < 1.29 is 27.8 Å². The van der Waals surface area contributed by atoms with Crippen LogP contribution in [0.25, 0.3) is 43.9 Å². The summed E-state index contributed by atoms with van der Waals surface area (Å²) in [5.74, 6) is -1.69. The lowest BCUT2D eigenvalue weighted by molar-refractivity contribution is -0.129. The van der Waals surface area contributed by atoms with Gasteiger partial charge in [0.2, 0.25) is 5.91 Å². The van der Waals surface area contributed by atoms with Crippen LogP contribution in [0.15, 0.2) is 54.7 Å². The molecule has 238 valence electrons. The van der Waals surface area contributed by atoms with Crippen molar-refractivity contribution in [3.63, 3.8) is 0 Å². The molecule has 0 radical (unpaired) electrons. The van der Waals surface area contributed by atoms with Gasteiger partial charge in [0.25, 0.3) is 0 Å². The molecular weight excluding hydrogens is 614 g/mol. The van der Waals surface area contributed by atoms with Crippen molar-refractivity contribution in [1.29, 1.82) is 0 Å². The van der Waals surface area contributed by atoms with E-state index >= 15 is 4.39 Å². The molecule has 0 aliphatic carbocycles. The number of thiophene rings is 1. The van der Waals surface area contributed by atoms with Crippen molar-refractivity contribution >= 4 is 27.3 Å². The highest BCUT2D eigenvalue weighted by atomic mass is 32.1. The fraction of sp³-hybridized carbons (Fsp3) is 0.333. The van der Waals surface area contributed by atoms with E-state index in [1.54, 1.807) is 11.1 Å². The molecule has 0 bridgehead atoms. The average Bonchev–Trinajstić information content (AvgIpc) is 3.79. The van der Waals surface area contributed by atoms with Crippen LogP contribution in [0.4, 0.5) is 8.78 Å². The number of carbonyl (C=O) groups is 1. The number of halogens is 2. The third-order valence-electron chi connectivity index (χ3n) is 8.52. The predicted octanol–water partition coefficient (Wildman–Crippen LogP) is 5.66. The van der Waals surface area contributed by atoms with E-state index in [-0.39, 0.29) is 42.0 Å². The lowest BCUT2D eigenvalue weighted by Crippen LogP contribution is -2.49. The first-order chi connectivity index (χ1) is 22.2. The minimum absolute atomic E-state index is 0.0335. The van der Waals surface area contributed by atoms with Crippen LogP contribution in [-0.2, 0) is 32.9 Å². The lowest BCUT2D eigenvalue weighted by Gasteiger charge is -2.38. The van der Waals surface area contributed by atoms with E-state index in [0.717, 1.165) is 27.4 Å². The van der Waals surface area contributed by atoms with Gasteiger partial charge in [-0.25, -0.2) is 13.8 Å². The molecular formula is C33H32F2N6O4S. The van der Waals surface area contributed by atoms with E-state index in [9.17, 15) is 9.18 Å². The molecule has 10 nitrogen and oxygen atoms in total. The summed E-state index contributed by atoms with van der Waals surface area (Å²) in [6.45, 7) is 9.89. The third kappa shape index (κ3) is 5.08. The zero-order valence-corrected chi connectivity index (χ0v) is 26.4. The largest absolute Gasteiger partial charge is 0.490 e. The Morgan fingerprint density at radius 2 is 2.04 bits per heavy atom. The van der Waals surface area contributed by atoms with Gasteiger partial charge in [-0.2, -0.15) is 10.2 Å². The summed E-state index contributed by atoms with van der Waals surface area (Å²) in [6.07, 6.45) is 5.02. The summed E-state index contributed by atoms with van der Waals surface area (Å²) in [5.41, 5.74) is 3.37. The van der Waals surface area contributed by atoms with Gasteiger partial charge in [0.15, 0.2) is 0 Å². The predicted molar refractivity (Wildman–Crippen MR) is 169 cm³/mol. The lowest BCUT2D eigenvalue weighted by atomic mass is 9.97. The van der Waals surface area contributed by atoms with Gasteiger partial charge >= 0.3 is 0 Å². The van der Waals surface area contributed by atoms with Gasteiger partial charge in [-0.05, 0) is 37.4 Å². The standard InChI is InChI=1S/C33H32F2N6O4S/c1-5-27(42)39-16-22-12-25(38-40(22)14-19(39)2)31-29(28-24(35)10-21(34)11-26(28)45-8-7-43-4)32-23(6-9-46-32)30(37-31)20-13-36-41(15-20)33(3)17-44-18-33/h5-6,9-13,15,19H,1,7-8,14,16-18H2,2-4H3/t19-/m1/s1. The third-order valence-corrected chi connectivity index (χ3v) is 9.45. The van der Waals surface area contributed by atoms with Crippen molar-refractivity contribution in [3.05, 3.63) is 72.0 Å². The van der Waals surface area contributed by atoms with E-state index in [1.807, 2.05) is 40.0 Å². The number of rotatable bonds is 9. The van der Waals surface area contributed by atoms with Gasteiger partial charge in [0.05, 0.1) is 56.1 Å². The summed E-state index contributed by atoms with van der Waals surface area (Å²) in [5, 5.41) is 12.3. The number of benzene rings is 1. The minimum Gasteiger partial charge on any atom is -0.490 e. The molecule has 7 rings (SSSR count). The molecule has 6 heterocycles. The smallest absolute Gasteiger partial charge is 0.246 e. The van der Waals surface area contributed by atoms with Crippen LogP contribution in [0.1, 0.15) is 19.5 Å². The number of ether oxygens (including phenoxy) is 3. The van der Waals surface area contributed by atoms with Gasteiger partial charge in [0, 0.05) is 52.7 Å². The average molecular weight is 647 g/mol. The van der Waals surface area contributed by atoms with Gasteiger partial charge in [-0.1, -0.05) is 6.58 Å². The zero-order valence-electron chi connectivity index (χ0n) is 25.6. The quantitative estimate of drug-likeness (QED) is 0.151. The van der Waals surface area contributed by atoms with Gasteiger partial charge in [-0.3, -0.25) is 14.2 Å². The highest BCUT2D eigenvalue weighted by molar-refractivity contribution is 7.18. The summed E-state index contributed by atoms with van der Waals surface area (Å²) in [4.78, 5) is 19.5. The fourth-order valence-corrected chi connectivity index (χ4v) is 6.97. The van der Waals surface area contributed by atoms with Crippen LogP contribution in [0.3, 0.4) is 0 Å². The van der Waals surface area contributed by atoms with Crippen LogP contribution in [0, 0.1) is 11.6 Å². The number of aromatic nitrogens is 5. The maximum Gasteiger partial charge on any atom is 0.246 e. The Bertz CT molecular complexity index is 1980. The minimum atomic E-state index is -0.788. The number of methoxy groups -OCH3 is 1. The van der Waals surface area contributed by atoms with Crippen LogP contribution < -0.4 is 4.74 Å². The van der Waals surface area contributed by atoms with Gasteiger partial charge in [0.1, 0.15) is 40.9 Å². The zero-order chi connectivity index (χ0) is 32.2. The van der Waals surface area contributed by atoms with E-state index in [1.165, 1.54) is 30.6 Å². The van der Waals surface area contributed by atoms with Crippen molar-refractivity contribution in [3.8, 4) is 39.5 Å². The normalized spacial score (nSPS) is 17.2. The first kappa shape index (κ1) is 30.2. The molecule has 1 amide bonds.